The van der Waals surface area contributed by atoms with Gasteiger partial charge in [0.25, 0.3) is 5.91 Å². The Hall–Kier alpha value is -3.53. The zero-order valence-electron chi connectivity index (χ0n) is 18.7. The van der Waals surface area contributed by atoms with E-state index in [1.807, 2.05) is 0 Å². The van der Waals surface area contributed by atoms with Crippen LogP contribution in [0.25, 0.3) is 0 Å². The SMILES string of the molecule is COc1cccc(F)c1CN1C(=O)C(C)Sc2cc(C(=O)NCc3c(F)cc(F)cc3F)ccc21. The number of fused-ring (bicyclic) bond motifs is 1. The zero-order chi connectivity index (χ0) is 25.3. The van der Waals surface area contributed by atoms with Gasteiger partial charge in [-0.25, -0.2) is 17.6 Å². The number of hydrogen-bond donors (Lipinski definition) is 1. The number of amides is 2. The van der Waals surface area contributed by atoms with Crippen LogP contribution in [-0.2, 0) is 17.9 Å². The lowest BCUT2D eigenvalue weighted by atomic mass is 10.1. The lowest BCUT2D eigenvalue weighted by molar-refractivity contribution is -0.118. The molecule has 0 aromatic heterocycles. The predicted molar refractivity (Wildman–Crippen MR) is 123 cm³/mol. The number of halogens is 4. The summed E-state index contributed by atoms with van der Waals surface area (Å²) in [5.74, 6) is -4.30. The van der Waals surface area contributed by atoms with E-state index in [9.17, 15) is 27.2 Å². The van der Waals surface area contributed by atoms with Crippen molar-refractivity contribution in [1.82, 2.24) is 5.32 Å². The number of ether oxygens (including phenoxy) is 1. The van der Waals surface area contributed by atoms with Crippen LogP contribution < -0.4 is 15.0 Å². The topological polar surface area (TPSA) is 58.6 Å². The quantitative estimate of drug-likeness (QED) is 0.469. The Labute approximate surface area is 203 Å². The molecule has 1 unspecified atom stereocenters. The zero-order valence-corrected chi connectivity index (χ0v) is 19.5. The Bertz CT molecular complexity index is 1290. The number of thioether (sulfide) groups is 1. The van der Waals surface area contributed by atoms with Crippen LogP contribution in [0.1, 0.15) is 28.4 Å². The van der Waals surface area contributed by atoms with Gasteiger partial charge in [-0.2, -0.15) is 0 Å². The van der Waals surface area contributed by atoms with E-state index >= 15 is 0 Å². The average molecular weight is 505 g/mol. The Morgan fingerprint density at radius 2 is 1.74 bits per heavy atom. The standard InChI is InChI=1S/C25H20F4N2O3S/c1-13-25(33)31(12-17-18(27)4-3-5-22(17)34-2)21-7-6-14(8-23(21)35-13)24(32)30-11-16-19(28)9-15(26)10-20(16)29/h3-10,13H,11-12H2,1-2H3,(H,30,32). The third-order valence-electron chi connectivity index (χ3n) is 5.57. The molecule has 10 heteroatoms. The van der Waals surface area contributed by atoms with Gasteiger partial charge in [-0.3, -0.25) is 9.59 Å². The van der Waals surface area contributed by atoms with E-state index in [0.717, 1.165) is 0 Å². The largest absolute Gasteiger partial charge is 0.496 e. The highest BCUT2D eigenvalue weighted by Crippen LogP contribution is 2.41. The second-order valence-corrected chi connectivity index (χ2v) is 9.20. The van der Waals surface area contributed by atoms with Crippen LogP contribution in [0, 0.1) is 23.3 Å². The molecule has 2 amide bonds. The van der Waals surface area contributed by atoms with Crippen molar-refractivity contribution in [2.75, 3.05) is 12.0 Å². The minimum Gasteiger partial charge on any atom is -0.496 e. The number of methoxy groups -OCH3 is 1. The molecule has 1 heterocycles. The number of carbonyl (C=O) groups is 2. The maximum absolute atomic E-state index is 14.5. The Kier molecular flexibility index (Phi) is 7.02. The second kappa shape index (κ2) is 9.99. The molecule has 0 saturated heterocycles. The highest BCUT2D eigenvalue weighted by molar-refractivity contribution is 8.01. The van der Waals surface area contributed by atoms with Gasteiger partial charge >= 0.3 is 0 Å². The summed E-state index contributed by atoms with van der Waals surface area (Å²) in [6.07, 6.45) is 0. The number of benzene rings is 3. The maximum atomic E-state index is 14.5. The number of hydrogen-bond acceptors (Lipinski definition) is 4. The Balaban J connectivity index is 1.58. The summed E-state index contributed by atoms with van der Waals surface area (Å²) in [5.41, 5.74) is 0.453. The van der Waals surface area contributed by atoms with Gasteiger partial charge in [0.1, 0.15) is 29.0 Å². The number of nitrogens with one attached hydrogen (secondary N) is 1. The molecule has 5 nitrogen and oxygen atoms in total. The smallest absolute Gasteiger partial charge is 0.251 e. The number of anilines is 1. The van der Waals surface area contributed by atoms with Crippen LogP contribution in [0.2, 0.25) is 0 Å². The van der Waals surface area contributed by atoms with Gasteiger partial charge in [-0.15, -0.1) is 11.8 Å². The number of carbonyl (C=O) groups excluding carboxylic acids is 2. The molecule has 1 aliphatic rings. The molecule has 1 N–H and O–H groups in total. The Morgan fingerprint density at radius 3 is 2.43 bits per heavy atom. The molecule has 182 valence electrons. The van der Waals surface area contributed by atoms with Gasteiger partial charge in [0.15, 0.2) is 0 Å². The highest BCUT2D eigenvalue weighted by Gasteiger charge is 2.32. The molecule has 0 saturated carbocycles. The molecule has 35 heavy (non-hydrogen) atoms. The van der Waals surface area contributed by atoms with E-state index in [-0.39, 0.29) is 23.6 Å². The summed E-state index contributed by atoms with van der Waals surface area (Å²) in [4.78, 5) is 27.6. The van der Waals surface area contributed by atoms with Gasteiger partial charge in [0.2, 0.25) is 5.91 Å². The lowest BCUT2D eigenvalue weighted by Gasteiger charge is -2.33. The van der Waals surface area contributed by atoms with E-state index in [2.05, 4.69) is 5.32 Å². The summed E-state index contributed by atoms with van der Waals surface area (Å²) in [6.45, 7) is 1.16. The average Bonchev–Trinajstić information content (AvgIpc) is 2.81. The van der Waals surface area contributed by atoms with Crippen molar-refractivity contribution in [3.8, 4) is 5.75 Å². The molecule has 3 aromatic carbocycles. The fraction of sp³-hybridized carbons (Fsp3) is 0.200. The molecule has 0 fully saturated rings. The first-order valence-electron chi connectivity index (χ1n) is 10.5. The van der Waals surface area contributed by atoms with Crippen LogP contribution >= 0.6 is 11.8 Å². The van der Waals surface area contributed by atoms with E-state index < -0.39 is 46.5 Å². The molecule has 0 bridgehead atoms. The van der Waals surface area contributed by atoms with Crippen molar-refractivity contribution in [3.63, 3.8) is 0 Å². The van der Waals surface area contributed by atoms with Crippen LogP contribution in [0.3, 0.4) is 0 Å². The van der Waals surface area contributed by atoms with E-state index in [0.29, 0.717) is 28.5 Å². The Morgan fingerprint density at radius 1 is 1.03 bits per heavy atom. The molecular weight excluding hydrogens is 484 g/mol. The molecule has 0 radical (unpaired) electrons. The molecule has 1 atom stereocenters. The summed E-state index contributed by atoms with van der Waals surface area (Å²) in [7, 11) is 1.41. The first-order chi connectivity index (χ1) is 16.7. The number of nitrogens with zero attached hydrogens (tertiary/aromatic N) is 1. The number of rotatable bonds is 6. The summed E-state index contributed by atoms with van der Waals surface area (Å²) in [5, 5.41) is 1.92. The van der Waals surface area contributed by atoms with E-state index in [4.69, 9.17) is 4.74 Å². The molecule has 0 spiro atoms. The summed E-state index contributed by atoms with van der Waals surface area (Å²) >= 11 is 1.24. The van der Waals surface area contributed by atoms with Gasteiger partial charge in [-0.05, 0) is 37.3 Å². The van der Waals surface area contributed by atoms with Crippen molar-refractivity contribution in [2.24, 2.45) is 0 Å². The predicted octanol–water partition coefficient (Wildman–Crippen LogP) is 5.21. The third kappa shape index (κ3) is 4.97. The highest BCUT2D eigenvalue weighted by atomic mass is 32.2. The van der Waals surface area contributed by atoms with Crippen molar-refractivity contribution in [3.05, 3.63) is 88.5 Å². The van der Waals surface area contributed by atoms with Crippen molar-refractivity contribution < 1.29 is 31.9 Å². The van der Waals surface area contributed by atoms with Crippen molar-refractivity contribution >= 4 is 29.3 Å². The van der Waals surface area contributed by atoms with Gasteiger partial charge in [-0.1, -0.05) is 6.07 Å². The monoisotopic (exact) mass is 504 g/mol. The normalized spacial score (nSPS) is 15.1. The van der Waals surface area contributed by atoms with Crippen LogP contribution in [0.15, 0.2) is 53.4 Å². The van der Waals surface area contributed by atoms with E-state index in [1.165, 1.54) is 42.0 Å². The van der Waals surface area contributed by atoms with Gasteiger partial charge in [0, 0.05) is 40.3 Å². The van der Waals surface area contributed by atoms with Crippen LogP contribution in [0.5, 0.6) is 5.75 Å². The maximum Gasteiger partial charge on any atom is 0.251 e. The second-order valence-electron chi connectivity index (χ2n) is 7.82. The molecule has 4 rings (SSSR count). The van der Waals surface area contributed by atoms with Crippen molar-refractivity contribution in [1.29, 1.82) is 0 Å². The third-order valence-corrected chi connectivity index (χ3v) is 6.71. The first-order valence-corrected chi connectivity index (χ1v) is 11.4. The van der Waals surface area contributed by atoms with Crippen LogP contribution in [-0.4, -0.2) is 24.2 Å². The fourth-order valence-corrected chi connectivity index (χ4v) is 4.87. The fourth-order valence-electron chi connectivity index (χ4n) is 3.77. The van der Waals surface area contributed by atoms with Crippen molar-refractivity contribution in [2.45, 2.75) is 30.2 Å². The molecule has 1 aliphatic heterocycles. The molecule has 0 aliphatic carbocycles. The van der Waals surface area contributed by atoms with Gasteiger partial charge < -0.3 is 15.0 Å². The van der Waals surface area contributed by atoms with E-state index in [1.54, 1.807) is 25.1 Å². The first kappa shape index (κ1) is 24.6. The summed E-state index contributed by atoms with van der Waals surface area (Å²) in [6, 6.07) is 10.1. The van der Waals surface area contributed by atoms with Crippen LogP contribution in [0.4, 0.5) is 23.2 Å². The summed E-state index contributed by atoms with van der Waals surface area (Å²) < 4.78 is 60.6. The lowest BCUT2D eigenvalue weighted by Crippen LogP contribution is -2.39. The minimum atomic E-state index is -1.10. The molecular formula is C25H20F4N2O3S. The minimum absolute atomic E-state index is 0.0682. The molecule has 3 aromatic rings. The van der Waals surface area contributed by atoms with Gasteiger partial charge in [0.05, 0.1) is 24.6 Å².